The summed E-state index contributed by atoms with van der Waals surface area (Å²) >= 11 is 0. The first kappa shape index (κ1) is 15.2. The van der Waals surface area contributed by atoms with Crippen LogP contribution in [-0.2, 0) is 9.59 Å². The molecule has 1 rings (SSSR count). The minimum atomic E-state index is -0.865. The highest BCUT2D eigenvalue weighted by Gasteiger charge is 2.12. The summed E-state index contributed by atoms with van der Waals surface area (Å²) in [6, 6.07) is 6.09. The molecule has 0 spiro atoms. The first-order valence-corrected chi connectivity index (χ1v) is 6.48. The third kappa shape index (κ3) is 5.12. The number of hydrogen-bond acceptors (Lipinski definition) is 2. The second-order valence-corrected chi connectivity index (χ2v) is 4.90. The van der Waals surface area contributed by atoms with E-state index in [1.807, 2.05) is 32.9 Å². The first-order chi connectivity index (χ1) is 8.90. The minimum absolute atomic E-state index is 0.0330. The number of carboxylic acids is 1. The zero-order valence-corrected chi connectivity index (χ0v) is 11.7. The van der Waals surface area contributed by atoms with Crippen molar-refractivity contribution < 1.29 is 14.7 Å². The number of benzene rings is 1. The molecule has 0 fully saturated rings. The molecule has 0 aliphatic rings. The molecule has 104 valence electrons. The molecule has 0 aromatic heterocycles. The average Bonchev–Trinajstić information content (AvgIpc) is 2.31. The monoisotopic (exact) mass is 263 g/mol. The van der Waals surface area contributed by atoms with Gasteiger partial charge in [0.05, 0.1) is 6.04 Å². The number of aliphatic carboxylic acids is 1. The van der Waals surface area contributed by atoms with E-state index in [1.165, 1.54) is 0 Å². The van der Waals surface area contributed by atoms with Gasteiger partial charge in [-0.2, -0.15) is 0 Å². The Kier molecular flexibility index (Phi) is 5.55. The number of aryl methyl sites for hydroxylation is 2. The van der Waals surface area contributed by atoms with Gasteiger partial charge >= 0.3 is 5.97 Å². The Morgan fingerprint density at radius 1 is 1.26 bits per heavy atom. The lowest BCUT2D eigenvalue weighted by Gasteiger charge is -2.17. The third-order valence-corrected chi connectivity index (χ3v) is 3.07. The van der Waals surface area contributed by atoms with Gasteiger partial charge in [0.2, 0.25) is 5.91 Å². The summed E-state index contributed by atoms with van der Waals surface area (Å²) in [5.41, 5.74) is 3.41. The van der Waals surface area contributed by atoms with E-state index in [1.54, 1.807) is 0 Å². The van der Waals surface area contributed by atoms with E-state index >= 15 is 0 Å². The van der Waals surface area contributed by atoms with E-state index in [0.717, 1.165) is 16.7 Å². The second-order valence-electron chi connectivity index (χ2n) is 4.90. The summed E-state index contributed by atoms with van der Waals surface area (Å²) in [6.07, 6.45) is 0.660. The molecule has 1 unspecified atom stereocenters. The molecule has 0 bridgehead atoms. The molecule has 1 aromatic carbocycles. The molecule has 0 saturated heterocycles. The summed E-state index contributed by atoms with van der Waals surface area (Å²) in [4.78, 5) is 22.1. The van der Waals surface area contributed by atoms with Gasteiger partial charge in [0, 0.05) is 12.8 Å². The molecule has 4 nitrogen and oxygen atoms in total. The van der Waals surface area contributed by atoms with Gasteiger partial charge in [-0.3, -0.25) is 9.59 Å². The normalized spacial score (nSPS) is 11.9. The van der Waals surface area contributed by atoms with Crippen LogP contribution in [-0.4, -0.2) is 17.0 Å². The molecule has 0 aliphatic carbocycles. The zero-order chi connectivity index (χ0) is 14.4. The number of carboxylic acid groups (broad SMARTS) is 1. The van der Waals surface area contributed by atoms with Crippen LogP contribution in [0, 0.1) is 13.8 Å². The Balaban J connectivity index is 2.54. The number of rotatable bonds is 6. The van der Waals surface area contributed by atoms with Crippen LogP contribution in [0.5, 0.6) is 0 Å². The van der Waals surface area contributed by atoms with E-state index in [9.17, 15) is 9.59 Å². The molecule has 1 aromatic rings. The molecule has 2 N–H and O–H groups in total. The van der Waals surface area contributed by atoms with Crippen LogP contribution in [0.3, 0.4) is 0 Å². The highest BCUT2D eigenvalue weighted by molar-refractivity contribution is 5.77. The van der Waals surface area contributed by atoms with Crippen LogP contribution in [0.15, 0.2) is 18.2 Å². The summed E-state index contributed by atoms with van der Waals surface area (Å²) in [5, 5.41) is 11.4. The van der Waals surface area contributed by atoms with E-state index in [2.05, 4.69) is 11.4 Å². The van der Waals surface area contributed by atoms with Crippen molar-refractivity contribution in [1.29, 1.82) is 0 Å². The predicted molar refractivity (Wildman–Crippen MR) is 74.0 cm³/mol. The Morgan fingerprint density at radius 3 is 2.58 bits per heavy atom. The van der Waals surface area contributed by atoms with Crippen molar-refractivity contribution in [3.8, 4) is 0 Å². The number of hydrogen-bond donors (Lipinski definition) is 2. The van der Waals surface area contributed by atoms with Crippen molar-refractivity contribution in [2.24, 2.45) is 0 Å². The van der Waals surface area contributed by atoms with Crippen molar-refractivity contribution in [3.63, 3.8) is 0 Å². The molecule has 0 heterocycles. The van der Waals surface area contributed by atoms with E-state index in [4.69, 9.17) is 5.11 Å². The fourth-order valence-electron chi connectivity index (χ4n) is 2.02. The van der Waals surface area contributed by atoms with Crippen molar-refractivity contribution in [1.82, 2.24) is 5.32 Å². The molecule has 1 atom stereocenters. The predicted octanol–water partition coefficient (Wildman–Crippen LogP) is 2.74. The molecule has 4 heteroatoms. The topological polar surface area (TPSA) is 66.4 Å². The Hall–Kier alpha value is -1.84. The van der Waals surface area contributed by atoms with E-state index in [0.29, 0.717) is 6.42 Å². The van der Waals surface area contributed by atoms with Crippen LogP contribution in [0.1, 0.15) is 48.9 Å². The Labute approximate surface area is 113 Å². The van der Waals surface area contributed by atoms with Crippen molar-refractivity contribution in [3.05, 3.63) is 34.9 Å². The number of carbonyl (C=O) groups excluding carboxylic acids is 1. The molecule has 0 aliphatic heterocycles. The number of carbonyl (C=O) groups is 2. The molecule has 0 radical (unpaired) electrons. The van der Waals surface area contributed by atoms with Crippen LogP contribution >= 0.6 is 0 Å². The fraction of sp³-hybridized carbons (Fsp3) is 0.467. The van der Waals surface area contributed by atoms with Crippen LogP contribution in [0.2, 0.25) is 0 Å². The standard InChI is InChI=1S/C15H21NO3/c1-10-7-8-11(2)13(9-10)12(3)16-14(17)5-4-6-15(18)19/h7-9,12H,4-6H2,1-3H3,(H,16,17)(H,18,19). The van der Waals surface area contributed by atoms with Gasteiger partial charge in [0.1, 0.15) is 0 Å². The lowest BCUT2D eigenvalue weighted by atomic mass is 10.00. The van der Waals surface area contributed by atoms with E-state index in [-0.39, 0.29) is 24.8 Å². The highest BCUT2D eigenvalue weighted by Crippen LogP contribution is 2.19. The van der Waals surface area contributed by atoms with Crippen LogP contribution in [0.25, 0.3) is 0 Å². The van der Waals surface area contributed by atoms with Crippen molar-refractivity contribution in [2.45, 2.75) is 46.1 Å². The van der Waals surface area contributed by atoms with Gasteiger partial charge in [0.25, 0.3) is 0 Å². The van der Waals surface area contributed by atoms with Crippen molar-refractivity contribution in [2.75, 3.05) is 0 Å². The lowest BCUT2D eigenvalue weighted by Crippen LogP contribution is -2.27. The second kappa shape index (κ2) is 6.92. The highest BCUT2D eigenvalue weighted by atomic mass is 16.4. The molecular weight excluding hydrogens is 242 g/mol. The molecule has 0 saturated carbocycles. The molecular formula is C15H21NO3. The summed E-state index contributed by atoms with van der Waals surface area (Å²) < 4.78 is 0. The fourth-order valence-corrected chi connectivity index (χ4v) is 2.02. The molecule has 19 heavy (non-hydrogen) atoms. The average molecular weight is 263 g/mol. The summed E-state index contributed by atoms with van der Waals surface area (Å²) in [5.74, 6) is -0.968. The summed E-state index contributed by atoms with van der Waals surface area (Å²) in [6.45, 7) is 5.98. The van der Waals surface area contributed by atoms with Gasteiger partial charge in [0.15, 0.2) is 0 Å². The molecule has 1 amide bonds. The smallest absolute Gasteiger partial charge is 0.303 e. The van der Waals surface area contributed by atoms with Gasteiger partial charge < -0.3 is 10.4 Å². The Morgan fingerprint density at radius 2 is 1.95 bits per heavy atom. The van der Waals surface area contributed by atoms with Gasteiger partial charge in [-0.15, -0.1) is 0 Å². The van der Waals surface area contributed by atoms with E-state index < -0.39 is 5.97 Å². The van der Waals surface area contributed by atoms with Gasteiger partial charge in [-0.1, -0.05) is 23.8 Å². The third-order valence-electron chi connectivity index (χ3n) is 3.07. The number of amides is 1. The maximum absolute atomic E-state index is 11.7. The minimum Gasteiger partial charge on any atom is -0.481 e. The number of nitrogens with one attached hydrogen (secondary N) is 1. The van der Waals surface area contributed by atoms with Crippen molar-refractivity contribution >= 4 is 11.9 Å². The SMILES string of the molecule is Cc1ccc(C)c(C(C)NC(=O)CCCC(=O)O)c1. The largest absolute Gasteiger partial charge is 0.481 e. The van der Waals surface area contributed by atoms with Gasteiger partial charge in [-0.25, -0.2) is 0 Å². The zero-order valence-electron chi connectivity index (χ0n) is 11.7. The van der Waals surface area contributed by atoms with Crippen LogP contribution in [0.4, 0.5) is 0 Å². The lowest BCUT2D eigenvalue weighted by molar-refractivity contribution is -0.137. The maximum Gasteiger partial charge on any atom is 0.303 e. The van der Waals surface area contributed by atoms with Gasteiger partial charge in [-0.05, 0) is 38.3 Å². The maximum atomic E-state index is 11.7. The first-order valence-electron chi connectivity index (χ1n) is 6.48. The van der Waals surface area contributed by atoms with Crippen LogP contribution < -0.4 is 5.32 Å². The Bertz CT molecular complexity index is 468. The summed E-state index contributed by atoms with van der Waals surface area (Å²) in [7, 11) is 0. The quantitative estimate of drug-likeness (QED) is 0.829.